The molecule has 5 heteroatoms. The highest BCUT2D eigenvalue weighted by atomic mass is 16.1. The number of H-pyrrole nitrogens is 1. The minimum Gasteiger partial charge on any atom is -0.302 e. The molecule has 1 rings (SSSR count). The first kappa shape index (κ1) is 11.7. The van der Waals surface area contributed by atoms with E-state index in [1.165, 1.54) is 16.8 Å². The van der Waals surface area contributed by atoms with Crippen molar-refractivity contribution in [3.63, 3.8) is 0 Å². The molecule has 0 aromatic carbocycles. The van der Waals surface area contributed by atoms with Crippen molar-refractivity contribution in [3.05, 3.63) is 32.8 Å². The molecule has 5 nitrogen and oxygen atoms in total. The second-order valence-corrected chi connectivity index (χ2v) is 3.33. The molecule has 0 saturated carbocycles. The fourth-order valence-electron chi connectivity index (χ4n) is 1.41. The molecular formula is C10H17N3O2. The van der Waals surface area contributed by atoms with Gasteiger partial charge in [0.1, 0.15) is 0 Å². The molecule has 1 heterocycles. The summed E-state index contributed by atoms with van der Waals surface area (Å²) < 4.78 is 1.35. The van der Waals surface area contributed by atoms with E-state index in [9.17, 15) is 9.59 Å². The van der Waals surface area contributed by atoms with Gasteiger partial charge in [0.2, 0.25) is 0 Å². The minimum absolute atomic E-state index is 0.165. The fraction of sp³-hybridized carbons (Fsp3) is 0.600. The average molecular weight is 211 g/mol. The van der Waals surface area contributed by atoms with E-state index < -0.39 is 0 Å². The van der Waals surface area contributed by atoms with Crippen LogP contribution in [0.15, 0.2) is 21.7 Å². The van der Waals surface area contributed by atoms with Gasteiger partial charge >= 0.3 is 0 Å². The SMILES string of the molecule is CCN(CC)CCn1[nH]c(=O)ccc1=O. The Bertz CT molecular complexity index is 404. The number of rotatable bonds is 5. The van der Waals surface area contributed by atoms with Crippen LogP contribution in [0.5, 0.6) is 0 Å². The van der Waals surface area contributed by atoms with Crippen molar-refractivity contribution >= 4 is 0 Å². The van der Waals surface area contributed by atoms with Crippen LogP contribution in [0.25, 0.3) is 0 Å². The summed E-state index contributed by atoms with van der Waals surface area (Å²) in [5.74, 6) is 0. The third-order valence-electron chi connectivity index (χ3n) is 2.42. The Balaban J connectivity index is 2.68. The van der Waals surface area contributed by atoms with Gasteiger partial charge in [-0.2, -0.15) is 0 Å². The third-order valence-corrected chi connectivity index (χ3v) is 2.42. The Kier molecular flexibility index (Phi) is 4.30. The van der Waals surface area contributed by atoms with Crippen molar-refractivity contribution in [2.24, 2.45) is 0 Å². The number of aromatic amines is 1. The average Bonchev–Trinajstić information content (AvgIpc) is 2.24. The Morgan fingerprint density at radius 2 is 1.93 bits per heavy atom. The topological polar surface area (TPSA) is 58.1 Å². The Labute approximate surface area is 88.3 Å². The zero-order chi connectivity index (χ0) is 11.3. The van der Waals surface area contributed by atoms with E-state index in [1.54, 1.807) is 0 Å². The van der Waals surface area contributed by atoms with Gasteiger partial charge in [0.25, 0.3) is 11.1 Å². The Hall–Kier alpha value is -1.36. The van der Waals surface area contributed by atoms with E-state index >= 15 is 0 Å². The lowest BCUT2D eigenvalue weighted by atomic mass is 10.4. The predicted molar refractivity (Wildman–Crippen MR) is 59.1 cm³/mol. The van der Waals surface area contributed by atoms with Gasteiger partial charge in [0.05, 0.1) is 6.54 Å². The molecule has 1 aromatic heterocycles. The summed E-state index contributed by atoms with van der Waals surface area (Å²) in [6.07, 6.45) is 0. The lowest BCUT2D eigenvalue weighted by molar-refractivity contribution is 0.282. The normalized spacial score (nSPS) is 10.9. The highest BCUT2D eigenvalue weighted by Gasteiger charge is 2.00. The maximum absolute atomic E-state index is 11.3. The van der Waals surface area contributed by atoms with Crippen molar-refractivity contribution in [3.8, 4) is 0 Å². The van der Waals surface area contributed by atoms with Gasteiger partial charge < -0.3 is 4.90 Å². The summed E-state index contributed by atoms with van der Waals surface area (Å²) in [5.41, 5.74) is -0.407. The number of nitrogens with zero attached hydrogens (tertiary/aromatic N) is 2. The van der Waals surface area contributed by atoms with Crippen LogP contribution in [0, 0.1) is 0 Å². The van der Waals surface area contributed by atoms with E-state index in [0.717, 1.165) is 19.6 Å². The standard InChI is InChI=1S/C10H17N3O2/c1-3-12(4-2)7-8-13-10(15)6-5-9(14)11-13/h5-6H,3-4,7-8H2,1-2H3,(H,11,14). The first-order chi connectivity index (χ1) is 7.17. The maximum Gasteiger partial charge on any atom is 0.265 e. The third kappa shape index (κ3) is 3.36. The van der Waals surface area contributed by atoms with Crippen LogP contribution in [0.3, 0.4) is 0 Å². The molecule has 0 saturated heterocycles. The Morgan fingerprint density at radius 1 is 1.27 bits per heavy atom. The van der Waals surface area contributed by atoms with Crippen LogP contribution in [-0.2, 0) is 6.54 Å². The summed E-state index contributed by atoms with van der Waals surface area (Å²) in [7, 11) is 0. The molecule has 0 fully saturated rings. The Morgan fingerprint density at radius 3 is 2.53 bits per heavy atom. The van der Waals surface area contributed by atoms with E-state index in [0.29, 0.717) is 6.54 Å². The number of aromatic nitrogens is 2. The first-order valence-electron chi connectivity index (χ1n) is 5.20. The van der Waals surface area contributed by atoms with Gasteiger partial charge in [-0.1, -0.05) is 13.8 Å². The molecule has 0 amide bonds. The molecule has 0 bridgehead atoms. The zero-order valence-electron chi connectivity index (χ0n) is 9.19. The van der Waals surface area contributed by atoms with Gasteiger partial charge in [0, 0.05) is 18.7 Å². The lowest BCUT2D eigenvalue weighted by Gasteiger charge is -2.17. The van der Waals surface area contributed by atoms with Gasteiger partial charge in [-0.25, -0.2) is 4.68 Å². The monoisotopic (exact) mass is 211 g/mol. The van der Waals surface area contributed by atoms with Crippen molar-refractivity contribution < 1.29 is 0 Å². The summed E-state index contributed by atoms with van der Waals surface area (Å²) >= 11 is 0. The van der Waals surface area contributed by atoms with E-state index in [2.05, 4.69) is 23.8 Å². The molecule has 1 N–H and O–H groups in total. The fourth-order valence-corrected chi connectivity index (χ4v) is 1.41. The highest BCUT2D eigenvalue weighted by Crippen LogP contribution is 1.86. The molecule has 15 heavy (non-hydrogen) atoms. The summed E-state index contributed by atoms with van der Waals surface area (Å²) in [6, 6.07) is 2.54. The van der Waals surface area contributed by atoms with Gasteiger partial charge in [-0.15, -0.1) is 0 Å². The van der Waals surface area contributed by atoms with E-state index in [4.69, 9.17) is 0 Å². The second-order valence-electron chi connectivity index (χ2n) is 3.33. The molecule has 0 aliphatic heterocycles. The largest absolute Gasteiger partial charge is 0.302 e. The number of nitrogens with one attached hydrogen (secondary N) is 1. The zero-order valence-corrected chi connectivity index (χ0v) is 9.19. The van der Waals surface area contributed by atoms with Crippen LogP contribution >= 0.6 is 0 Å². The smallest absolute Gasteiger partial charge is 0.265 e. The molecular weight excluding hydrogens is 194 g/mol. The quantitative estimate of drug-likeness (QED) is 0.738. The van der Waals surface area contributed by atoms with E-state index in [-0.39, 0.29) is 11.1 Å². The number of likely N-dealkylation sites (N-methyl/N-ethyl adjacent to an activating group) is 1. The van der Waals surface area contributed by atoms with Crippen LogP contribution in [0.4, 0.5) is 0 Å². The van der Waals surface area contributed by atoms with Crippen molar-refractivity contribution in [1.82, 2.24) is 14.7 Å². The van der Waals surface area contributed by atoms with Gasteiger partial charge in [-0.3, -0.25) is 14.7 Å². The molecule has 0 spiro atoms. The summed E-state index contributed by atoms with van der Waals surface area (Å²) in [4.78, 5) is 24.5. The predicted octanol–water partition coefficient (Wildman–Crippen LogP) is -0.122. The van der Waals surface area contributed by atoms with Crippen molar-refractivity contribution in [1.29, 1.82) is 0 Å². The second kappa shape index (κ2) is 5.50. The van der Waals surface area contributed by atoms with Crippen LogP contribution in [0.1, 0.15) is 13.8 Å². The molecule has 0 aliphatic rings. The van der Waals surface area contributed by atoms with E-state index in [1.807, 2.05) is 0 Å². The number of hydrogen-bond acceptors (Lipinski definition) is 3. The highest BCUT2D eigenvalue weighted by molar-refractivity contribution is 4.85. The molecule has 0 atom stereocenters. The van der Waals surface area contributed by atoms with Crippen molar-refractivity contribution in [2.75, 3.05) is 19.6 Å². The van der Waals surface area contributed by atoms with Crippen LogP contribution in [-0.4, -0.2) is 34.3 Å². The molecule has 0 radical (unpaired) electrons. The first-order valence-corrected chi connectivity index (χ1v) is 5.20. The van der Waals surface area contributed by atoms with Crippen molar-refractivity contribution in [2.45, 2.75) is 20.4 Å². The van der Waals surface area contributed by atoms with Gasteiger partial charge in [-0.05, 0) is 13.1 Å². The summed E-state index contributed by atoms with van der Waals surface area (Å²) in [5, 5.41) is 2.50. The van der Waals surface area contributed by atoms with Crippen LogP contribution < -0.4 is 11.1 Å². The summed E-state index contributed by atoms with van der Waals surface area (Å²) in [6.45, 7) is 7.33. The van der Waals surface area contributed by atoms with Gasteiger partial charge in [0.15, 0.2) is 0 Å². The minimum atomic E-state index is -0.242. The molecule has 0 aliphatic carbocycles. The maximum atomic E-state index is 11.3. The molecule has 1 aromatic rings. The lowest BCUT2D eigenvalue weighted by Crippen LogP contribution is -2.34. The molecule has 84 valence electrons. The van der Waals surface area contributed by atoms with Crippen LogP contribution in [0.2, 0.25) is 0 Å². The molecule has 0 unspecified atom stereocenters. The number of hydrogen-bond donors (Lipinski definition) is 1.